The van der Waals surface area contributed by atoms with E-state index in [1.54, 1.807) is 0 Å². The van der Waals surface area contributed by atoms with E-state index in [0.29, 0.717) is 6.61 Å². The maximum atomic E-state index is 8.73. The van der Waals surface area contributed by atoms with E-state index in [9.17, 15) is 0 Å². The molecule has 2 bridgehead atoms. The second-order valence-electron chi connectivity index (χ2n) is 5.63. The first kappa shape index (κ1) is 11.4. The fraction of sp³-hybridized carbons (Fsp3) is 1.00. The summed E-state index contributed by atoms with van der Waals surface area (Å²) in [5.41, 5.74) is 0. The van der Waals surface area contributed by atoms with Crippen LogP contribution in [0.3, 0.4) is 0 Å². The van der Waals surface area contributed by atoms with E-state index in [1.165, 1.54) is 32.2 Å². The van der Waals surface area contributed by atoms with E-state index >= 15 is 0 Å². The number of fused-ring (bicyclic) bond motifs is 2. The van der Waals surface area contributed by atoms with Gasteiger partial charge in [-0.25, -0.2) is 0 Å². The summed E-state index contributed by atoms with van der Waals surface area (Å²) in [4.78, 5) is 2.47. The van der Waals surface area contributed by atoms with Gasteiger partial charge in [0.1, 0.15) is 0 Å². The molecule has 2 aliphatic carbocycles. The van der Waals surface area contributed by atoms with Crippen molar-refractivity contribution in [1.82, 2.24) is 4.90 Å². The molecule has 88 valence electrons. The summed E-state index contributed by atoms with van der Waals surface area (Å²) in [5, 5.41) is 8.73. The van der Waals surface area contributed by atoms with Crippen molar-refractivity contribution in [2.45, 2.75) is 38.5 Å². The lowest BCUT2D eigenvalue weighted by Crippen LogP contribution is -2.29. The van der Waals surface area contributed by atoms with Crippen LogP contribution < -0.4 is 0 Å². The van der Waals surface area contributed by atoms with Crippen molar-refractivity contribution >= 4 is 0 Å². The van der Waals surface area contributed by atoms with Gasteiger partial charge in [0.15, 0.2) is 0 Å². The summed E-state index contributed by atoms with van der Waals surface area (Å²) < 4.78 is 0. The average molecular weight is 211 g/mol. The first-order valence-electron chi connectivity index (χ1n) is 6.59. The van der Waals surface area contributed by atoms with Gasteiger partial charge in [0.2, 0.25) is 0 Å². The third-order valence-corrected chi connectivity index (χ3v) is 4.38. The zero-order valence-corrected chi connectivity index (χ0v) is 9.99. The van der Waals surface area contributed by atoms with Crippen molar-refractivity contribution in [3.63, 3.8) is 0 Å². The molecule has 0 saturated heterocycles. The number of hydrogen-bond donors (Lipinski definition) is 1. The number of aliphatic hydroxyl groups excluding tert-OH is 1. The predicted octanol–water partition coefficient (Wildman–Crippen LogP) is 2.13. The van der Waals surface area contributed by atoms with Crippen molar-refractivity contribution in [3.05, 3.63) is 0 Å². The lowest BCUT2D eigenvalue weighted by molar-refractivity contribution is 0.209. The molecule has 2 heteroatoms. The molecule has 3 unspecified atom stereocenters. The minimum absolute atomic E-state index is 0.349. The Bertz CT molecular complexity index is 195. The van der Waals surface area contributed by atoms with Crippen molar-refractivity contribution in [3.8, 4) is 0 Å². The zero-order valence-electron chi connectivity index (χ0n) is 9.99. The van der Waals surface area contributed by atoms with Crippen LogP contribution in [-0.2, 0) is 0 Å². The Hall–Kier alpha value is -0.0800. The van der Waals surface area contributed by atoms with Crippen LogP contribution in [-0.4, -0.2) is 36.8 Å². The summed E-state index contributed by atoms with van der Waals surface area (Å²) in [6.45, 7) is 2.81. The van der Waals surface area contributed by atoms with Crippen LogP contribution in [0.1, 0.15) is 38.5 Å². The standard InChI is InChI=1S/C13H25NO/c1-14(6-2-3-7-15)10-13-9-11-4-5-12(13)8-11/h11-13,15H,2-10H2,1H3. The van der Waals surface area contributed by atoms with Crippen molar-refractivity contribution < 1.29 is 5.11 Å². The van der Waals surface area contributed by atoms with Gasteiger partial charge in [-0.3, -0.25) is 0 Å². The highest BCUT2D eigenvalue weighted by atomic mass is 16.2. The molecule has 2 nitrogen and oxygen atoms in total. The monoisotopic (exact) mass is 211 g/mol. The summed E-state index contributed by atoms with van der Waals surface area (Å²) in [5.74, 6) is 3.11. The molecule has 2 aliphatic rings. The van der Waals surface area contributed by atoms with Crippen LogP contribution in [0.4, 0.5) is 0 Å². The van der Waals surface area contributed by atoms with Gasteiger partial charge in [-0.1, -0.05) is 6.42 Å². The Labute approximate surface area is 93.7 Å². The lowest BCUT2D eigenvalue weighted by Gasteiger charge is -2.27. The van der Waals surface area contributed by atoms with Gasteiger partial charge in [0.05, 0.1) is 0 Å². The molecule has 0 aromatic carbocycles. The molecule has 0 spiro atoms. The highest BCUT2D eigenvalue weighted by molar-refractivity contribution is 4.90. The van der Waals surface area contributed by atoms with Crippen LogP contribution >= 0.6 is 0 Å². The van der Waals surface area contributed by atoms with Gasteiger partial charge in [0.25, 0.3) is 0 Å². The van der Waals surface area contributed by atoms with Crippen LogP contribution in [0.15, 0.2) is 0 Å². The third kappa shape index (κ3) is 2.94. The zero-order chi connectivity index (χ0) is 10.7. The highest BCUT2D eigenvalue weighted by Gasteiger charge is 2.39. The minimum Gasteiger partial charge on any atom is -0.396 e. The van der Waals surface area contributed by atoms with Gasteiger partial charge in [0, 0.05) is 13.2 Å². The molecule has 3 atom stereocenters. The number of rotatable bonds is 6. The van der Waals surface area contributed by atoms with Crippen LogP contribution in [0.25, 0.3) is 0 Å². The second-order valence-corrected chi connectivity index (χ2v) is 5.63. The van der Waals surface area contributed by atoms with E-state index in [0.717, 1.165) is 37.1 Å². The lowest BCUT2D eigenvalue weighted by atomic mass is 9.88. The maximum absolute atomic E-state index is 8.73. The normalized spacial score (nSPS) is 34.2. The first-order chi connectivity index (χ1) is 7.29. The smallest absolute Gasteiger partial charge is 0.0431 e. The summed E-state index contributed by atoms with van der Waals surface area (Å²) in [6, 6.07) is 0. The molecule has 15 heavy (non-hydrogen) atoms. The molecule has 2 rings (SSSR count). The molecule has 0 heterocycles. The molecule has 0 radical (unpaired) electrons. The summed E-state index contributed by atoms with van der Waals surface area (Å²) in [7, 11) is 2.24. The fourth-order valence-corrected chi connectivity index (χ4v) is 3.59. The van der Waals surface area contributed by atoms with Gasteiger partial charge >= 0.3 is 0 Å². The molecule has 2 saturated carbocycles. The van der Waals surface area contributed by atoms with Crippen molar-refractivity contribution in [2.75, 3.05) is 26.7 Å². The summed E-state index contributed by atoms with van der Waals surface area (Å²) in [6.07, 6.45) is 8.13. The molecule has 0 aromatic rings. The van der Waals surface area contributed by atoms with Crippen LogP contribution in [0.5, 0.6) is 0 Å². The Morgan fingerprint density at radius 3 is 2.67 bits per heavy atom. The molecule has 0 aromatic heterocycles. The molecular formula is C13H25NO. The SMILES string of the molecule is CN(CCCCO)CC1CC2CCC1C2. The van der Waals surface area contributed by atoms with E-state index < -0.39 is 0 Å². The first-order valence-corrected chi connectivity index (χ1v) is 6.59. The van der Waals surface area contributed by atoms with E-state index in [4.69, 9.17) is 5.11 Å². The highest BCUT2D eigenvalue weighted by Crippen LogP contribution is 2.48. The molecule has 2 fully saturated rings. The number of hydrogen-bond acceptors (Lipinski definition) is 2. The molecular weight excluding hydrogens is 186 g/mol. The number of unbranched alkanes of at least 4 members (excludes halogenated alkanes) is 1. The average Bonchev–Trinajstić information content (AvgIpc) is 2.79. The Morgan fingerprint density at radius 2 is 2.07 bits per heavy atom. The molecule has 0 aliphatic heterocycles. The Morgan fingerprint density at radius 1 is 1.20 bits per heavy atom. The second kappa shape index (κ2) is 5.31. The Balaban J connectivity index is 1.64. The quantitative estimate of drug-likeness (QED) is 0.680. The van der Waals surface area contributed by atoms with Crippen molar-refractivity contribution in [2.24, 2.45) is 17.8 Å². The predicted molar refractivity (Wildman–Crippen MR) is 62.8 cm³/mol. The van der Waals surface area contributed by atoms with Gasteiger partial charge in [-0.15, -0.1) is 0 Å². The van der Waals surface area contributed by atoms with Gasteiger partial charge < -0.3 is 10.0 Å². The summed E-state index contributed by atoms with van der Waals surface area (Å²) >= 11 is 0. The fourth-order valence-electron chi connectivity index (χ4n) is 3.59. The van der Waals surface area contributed by atoms with Crippen molar-refractivity contribution in [1.29, 1.82) is 0 Å². The van der Waals surface area contributed by atoms with Gasteiger partial charge in [-0.05, 0) is 63.5 Å². The van der Waals surface area contributed by atoms with E-state index in [1.807, 2.05) is 0 Å². The third-order valence-electron chi connectivity index (χ3n) is 4.38. The Kier molecular flexibility index (Phi) is 4.04. The number of aliphatic hydroxyl groups is 1. The maximum Gasteiger partial charge on any atom is 0.0431 e. The molecule has 1 N–H and O–H groups in total. The van der Waals surface area contributed by atoms with Crippen LogP contribution in [0.2, 0.25) is 0 Å². The van der Waals surface area contributed by atoms with E-state index in [-0.39, 0.29) is 0 Å². The molecule has 0 amide bonds. The largest absolute Gasteiger partial charge is 0.396 e. The minimum atomic E-state index is 0.349. The number of nitrogens with zero attached hydrogens (tertiary/aromatic N) is 1. The van der Waals surface area contributed by atoms with Gasteiger partial charge in [-0.2, -0.15) is 0 Å². The van der Waals surface area contributed by atoms with Crippen LogP contribution in [0, 0.1) is 17.8 Å². The van der Waals surface area contributed by atoms with E-state index in [2.05, 4.69) is 11.9 Å². The topological polar surface area (TPSA) is 23.5 Å².